The van der Waals surface area contributed by atoms with E-state index in [0.29, 0.717) is 5.56 Å². The number of hydrogen-bond acceptors (Lipinski definition) is 1. The second kappa shape index (κ2) is 3.83. The van der Waals surface area contributed by atoms with E-state index in [1.54, 1.807) is 0 Å². The van der Waals surface area contributed by atoms with Crippen LogP contribution in [-0.2, 0) is 0 Å². The first kappa shape index (κ1) is 9.87. The number of benzene rings is 1. The molecule has 1 atom stereocenters. The molecule has 0 bridgehead atoms. The lowest BCUT2D eigenvalue weighted by Crippen LogP contribution is -2.14. The molecule has 1 aliphatic heterocycles. The van der Waals surface area contributed by atoms with E-state index in [4.69, 9.17) is 11.6 Å². The van der Waals surface area contributed by atoms with Gasteiger partial charge in [-0.15, -0.1) is 0 Å². The molecule has 0 aromatic heterocycles. The molecule has 0 aliphatic carbocycles. The van der Waals surface area contributed by atoms with Crippen LogP contribution < -0.4 is 5.32 Å². The Kier molecular flexibility index (Phi) is 2.70. The Morgan fingerprint density at radius 3 is 2.79 bits per heavy atom. The van der Waals surface area contributed by atoms with Gasteiger partial charge in [0.15, 0.2) is 0 Å². The van der Waals surface area contributed by atoms with Crippen molar-refractivity contribution >= 4 is 11.6 Å². The molecule has 1 nitrogen and oxygen atoms in total. The fourth-order valence-electron chi connectivity index (χ4n) is 1.76. The molecule has 1 heterocycles. The third-order valence-electron chi connectivity index (χ3n) is 2.50. The lowest BCUT2D eigenvalue weighted by molar-refractivity contribution is 0.540. The zero-order valence-corrected chi connectivity index (χ0v) is 8.24. The largest absolute Gasteiger partial charge is 0.310 e. The van der Waals surface area contributed by atoms with Crippen molar-refractivity contribution in [3.63, 3.8) is 0 Å². The predicted octanol–water partition coefficient (Wildman–Crippen LogP) is 3.04. The summed E-state index contributed by atoms with van der Waals surface area (Å²) in [7, 11) is 0. The van der Waals surface area contributed by atoms with Gasteiger partial charge < -0.3 is 5.32 Å². The summed E-state index contributed by atoms with van der Waals surface area (Å²) < 4.78 is 26.4. The van der Waals surface area contributed by atoms with Gasteiger partial charge in [0.05, 0.1) is 0 Å². The normalized spacial score (nSPS) is 21.5. The van der Waals surface area contributed by atoms with Gasteiger partial charge in [-0.25, -0.2) is 8.78 Å². The summed E-state index contributed by atoms with van der Waals surface area (Å²) in [5.41, 5.74) is 0.467. The number of halogens is 3. The van der Waals surface area contributed by atoms with Gasteiger partial charge in [-0.1, -0.05) is 17.7 Å². The predicted molar refractivity (Wildman–Crippen MR) is 51.3 cm³/mol. The fraction of sp³-hybridized carbons (Fsp3) is 0.400. The first-order chi connectivity index (χ1) is 6.70. The topological polar surface area (TPSA) is 12.0 Å². The Labute approximate surface area is 86.1 Å². The van der Waals surface area contributed by atoms with E-state index in [0.717, 1.165) is 19.4 Å². The minimum atomic E-state index is -0.703. The molecule has 14 heavy (non-hydrogen) atoms. The number of hydrogen-bond donors (Lipinski definition) is 1. The van der Waals surface area contributed by atoms with E-state index < -0.39 is 16.7 Å². The van der Waals surface area contributed by atoms with E-state index in [9.17, 15) is 8.78 Å². The van der Waals surface area contributed by atoms with Crippen molar-refractivity contribution in [3.8, 4) is 0 Å². The molecule has 4 heteroatoms. The highest BCUT2D eigenvalue weighted by Gasteiger charge is 2.22. The summed E-state index contributed by atoms with van der Waals surface area (Å²) in [6, 6.07) is 2.65. The van der Waals surface area contributed by atoms with Crippen LogP contribution in [-0.4, -0.2) is 6.54 Å². The van der Waals surface area contributed by atoms with Gasteiger partial charge in [0, 0.05) is 11.6 Å². The standard InChI is InChI=1S/C10H10ClF2N/c11-9-7(12)4-3-6(10(9)13)8-2-1-5-14-8/h3-4,8,14H,1-2,5H2/t8-/m1/s1. The van der Waals surface area contributed by atoms with Crippen molar-refractivity contribution in [2.45, 2.75) is 18.9 Å². The van der Waals surface area contributed by atoms with Gasteiger partial charge in [-0.2, -0.15) is 0 Å². The second-order valence-corrected chi connectivity index (χ2v) is 3.79. The summed E-state index contributed by atoms with van der Waals surface area (Å²) in [4.78, 5) is 0. The first-order valence-corrected chi connectivity index (χ1v) is 4.94. The second-order valence-electron chi connectivity index (χ2n) is 3.41. The highest BCUT2D eigenvalue weighted by Crippen LogP contribution is 2.30. The van der Waals surface area contributed by atoms with Crippen LogP contribution in [0.1, 0.15) is 24.4 Å². The Hall–Kier alpha value is -0.670. The summed E-state index contributed by atoms with van der Waals surface area (Å²) in [6.07, 6.45) is 1.89. The minimum absolute atomic E-state index is 0.0203. The van der Waals surface area contributed by atoms with Gasteiger partial charge in [0.2, 0.25) is 0 Å². The quantitative estimate of drug-likeness (QED) is 0.713. The molecule has 0 spiro atoms. The molecule has 1 N–H and O–H groups in total. The van der Waals surface area contributed by atoms with Crippen LogP contribution in [0.15, 0.2) is 12.1 Å². The van der Waals surface area contributed by atoms with Gasteiger partial charge in [0.25, 0.3) is 0 Å². The van der Waals surface area contributed by atoms with Crippen LogP contribution >= 0.6 is 11.6 Å². The summed E-state index contributed by atoms with van der Waals surface area (Å²) in [5.74, 6) is -1.34. The Bertz CT molecular complexity index is 348. The zero-order valence-electron chi connectivity index (χ0n) is 7.49. The average molecular weight is 218 g/mol. The maximum Gasteiger partial charge on any atom is 0.149 e. The molecule has 0 radical (unpaired) electrons. The van der Waals surface area contributed by atoms with Crippen molar-refractivity contribution in [2.75, 3.05) is 6.54 Å². The summed E-state index contributed by atoms with van der Waals surface area (Å²) >= 11 is 5.48. The summed E-state index contributed by atoms with van der Waals surface area (Å²) in [6.45, 7) is 0.874. The Balaban J connectivity index is 2.38. The van der Waals surface area contributed by atoms with Crippen LogP contribution in [0.5, 0.6) is 0 Å². The van der Waals surface area contributed by atoms with Gasteiger partial charge in [-0.3, -0.25) is 0 Å². The van der Waals surface area contributed by atoms with E-state index >= 15 is 0 Å². The van der Waals surface area contributed by atoms with Crippen molar-refractivity contribution in [1.82, 2.24) is 5.32 Å². The van der Waals surface area contributed by atoms with E-state index in [1.807, 2.05) is 0 Å². The SMILES string of the molecule is Fc1ccc([C@H]2CCCN2)c(F)c1Cl. The molecular weight excluding hydrogens is 208 g/mol. The third kappa shape index (κ3) is 1.62. The van der Waals surface area contributed by atoms with Crippen LogP contribution in [0.25, 0.3) is 0 Å². The van der Waals surface area contributed by atoms with Crippen LogP contribution in [0.2, 0.25) is 5.02 Å². The monoisotopic (exact) mass is 217 g/mol. The lowest BCUT2D eigenvalue weighted by atomic mass is 10.0. The Morgan fingerprint density at radius 1 is 1.36 bits per heavy atom. The Morgan fingerprint density at radius 2 is 2.14 bits per heavy atom. The average Bonchev–Trinajstić information content (AvgIpc) is 2.67. The van der Waals surface area contributed by atoms with Crippen molar-refractivity contribution < 1.29 is 8.78 Å². The molecule has 0 saturated carbocycles. The van der Waals surface area contributed by atoms with Gasteiger partial charge in [0.1, 0.15) is 16.7 Å². The fourth-order valence-corrected chi connectivity index (χ4v) is 1.93. The molecular formula is C10H10ClF2N. The van der Waals surface area contributed by atoms with E-state index in [-0.39, 0.29) is 6.04 Å². The van der Waals surface area contributed by atoms with Crippen molar-refractivity contribution in [3.05, 3.63) is 34.4 Å². The highest BCUT2D eigenvalue weighted by atomic mass is 35.5. The first-order valence-electron chi connectivity index (χ1n) is 4.57. The molecule has 1 aromatic carbocycles. The van der Waals surface area contributed by atoms with E-state index in [2.05, 4.69) is 5.32 Å². The summed E-state index contributed by atoms with van der Waals surface area (Å²) in [5, 5.41) is 2.73. The zero-order chi connectivity index (χ0) is 10.1. The molecule has 1 aromatic rings. The number of rotatable bonds is 1. The van der Waals surface area contributed by atoms with Gasteiger partial charge >= 0.3 is 0 Å². The maximum absolute atomic E-state index is 13.5. The molecule has 1 saturated heterocycles. The molecule has 0 amide bonds. The minimum Gasteiger partial charge on any atom is -0.310 e. The highest BCUT2D eigenvalue weighted by molar-refractivity contribution is 6.30. The van der Waals surface area contributed by atoms with Crippen LogP contribution in [0.4, 0.5) is 8.78 Å². The molecule has 2 rings (SSSR count). The van der Waals surface area contributed by atoms with Crippen molar-refractivity contribution in [2.24, 2.45) is 0 Å². The van der Waals surface area contributed by atoms with Crippen molar-refractivity contribution in [1.29, 1.82) is 0 Å². The number of nitrogens with one attached hydrogen (secondary N) is 1. The molecule has 1 fully saturated rings. The molecule has 1 aliphatic rings. The smallest absolute Gasteiger partial charge is 0.149 e. The van der Waals surface area contributed by atoms with Crippen LogP contribution in [0, 0.1) is 11.6 Å². The van der Waals surface area contributed by atoms with Crippen LogP contribution in [0.3, 0.4) is 0 Å². The maximum atomic E-state index is 13.5. The van der Waals surface area contributed by atoms with E-state index in [1.165, 1.54) is 12.1 Å². The molecule has 0 unspecified atom stereocenters. The third-order valence-corrected chi connectivity index (χ3v) is 2.85. The molecule has 76 valence electrons. The van der Waals surface area contributed by atoms with Gasteiger partial charge in [-0.05, 0) is 25.5 Å². The lowest BCUT2D eigenvalue weighted by Gasteiger charge is -2.12.